The van der Waals surface area contributed by atoms with Crippen LogP contribution in [0.25, 0.3) is 0 Å². The number of rotatable bonds is 6. The van der Waals surface area contributed by atoms with Gasteiger partial charge in [-0.15, -0.1) is 0 Å². The van der Waals surface area contributed by atoms with E-state index in [1.807, 2.05) is 0 Å². The van der Waals surface area contributed by atoms with Gasteiger partial charge in [0, 0.05) is 19.8 Å². The summed E-state index contributed by atoms with van der Waals surface area (Å²) in [6.45, 7) is 1.12. The van der Waals surface area contributed by atoms with Crippen molar-refractivity contribution in [1.29, 1.82) is 0 Å². The number of hydrogen-bond donors (Lipinski definition) is 2. The fraction of sp³-hybridized carbons (Fsp3) is 0.571. The van der Waals surface area contributed by atoms with Crippen LogP contribution in [0, 0.1) is 0 Å². The molecule has 19 heavy (non-hydrogen) atoms. The lowest BCUT2D eigenvalue weighted by Crippen LogP contribution is -2.29. The molecule has 5 nitrogen and oxygen atoms in total. The van der Waals surface area contributed by atoms with E-state index < -0.39 is 0 Å². The molecule has 1 saturated carbocycles. The SMILES string of the molecule is CNc1cnccc1C(=O)NCCOC1CCCC1. The number of amides is 1. The summed E-state index contributed by atoms with van der Waals surface area (Å²) in [5, 5.41) is 5.82. The first-order valence-electron chi connectivity index (χ1n) is 6.83. The molecule has 0 atom stereocenters. The Labute approximate surface area is 113 Å². The highest BCUT2D eigenvalue weighted by Crippen LogP contribution is 2.20. The first kappa shape index (κ1) is 13.8. The number of ether oxygens (including phenoxy) is 1. The molecular formula is C14H21N3O2. The third-order valence-corrected chi connectivity index (χ3v) is 3.38. The zero-order chi connectivity index (χ0) is 13.5. The van der Waals surface area contributed by atoms with E-state index in [4.69, 9.17) is 4.74 Å². The molecule has 0 aromatic carbocycles. The van der Waals surface area contributed by atoms with Crippen molar-refractivity contribution in [2.24, 2.45) is 0 Å². The van der Waals surface area contributed by atoms with Gasteiger partial charge in [-0.3, -0.25) is 9.78 Å². The minimum atomic E-state index is -0.0956. The maximum atomic E-state index is 12.0. The van der Waals surface area contributed by atoms with E-state index in [2.05, 4.69) is 15.6 Å². The molecule has 104 valence electrons. The second-order valence-electron chi connectivity index (χ2n) is 4.70. The van der Waals surface area contributed by atoms with Crippen LogP contribution in [0.3, 0.4) is 0 Å². The largest absolute Gasteiger partial charge is 0.386 e. The van der Waals surface area contributed by atoms with E-state index in [-0.39, 0.29) is 5.91 Å². The Balaban J connectivity index is 1.74. The number of carbonyl (C=O) groups excluding carboxylic acids is 1. The third-order valence-electron chi connectivity index (χ3n) is 3.38. The van der Waals surface area contributed by atoms with E-state index in [0.29, 0.717) is 24.8 Å². The fourth-order valence-corrected chi connectivity index (χ4v) is 2.33. The van der Waals surface area contributed by atoms with Crippen molar-refractivity contribution in [3.8, 4) is 0 Å². The van der Waals surface area contributed by atoms with Gasteiger partial charge in [-0.2, -0.15) is 0 Å². The summed E-state index contributed by atoms with van der Waals surface area (Å²) in [6.07, 6.45) is 8.49. The van der Waals surface area contributed by atoms with Crippen LogP contribution in [0.5, 0.6) is 0 Å². The Morgan fingerprint density at radius 1 is 1.47 bits per heavy atom. The highest BCUT2D eigenvalue weighted by atomic mass is 16.5. The molecule has 0 unspecified atom stereocenters. The first-order chi connectivity index (χ1) is 9.31. The van der Waals surface area contributed by atoms with Crippen molar-refractivity contribution in [3.63, 3.8) is 0 Å². The quantitative estimate of drug-likeness (QED) is 0.768. The Morgan fingerprint density at radius 3 is 3.00 bits per heavy atom. The third kappa shape index (κ3) is 3.92. The normalized spacial score (nSPS) is 15.4. The van der Waals surface area contributed by atoms with E-state index in [1.54, 1.807) is 25.5 Å². The maximum Gasteiger partial charge on any atom is 0.253 e. The minimum absolute atomic E-state index is 0.0956. The molecule has 0 radical (unpaired) electrons. The first-order valence-corrected chi connectivity index (χ1v) is 6.83. The van der Waals surface area contributed by atoms with Gasteiger partial charge in [0.2, 0.25) is 0 Å². The van der Waals surface area contributed by atoms with E-state index in [9.17, 15) is 4.79 Å². The van der Waals surface area contributed by atoms with Crippen LogP contribution in [0.2, 0.25) is 0 Å². The minimum Gasteiger partial charge on any atom is -0.386 e. The molecule has 2 rings (SSSR count). The average molecular weight is 263 g/mol. The molecule has 1 amide bonds. The van der Waals surface area contributed by atoms with E-state index in [1.165, 1.54) is 12.8 Å². The molecule has 1 aliphatic rings. The van der Waals surface area contributed by atoms with Crippen LogP contribution in [0.4, 0.5) is 5.69 Å². The summed E-state index contributed by atoms with van der Waals surface area (Å²) >= 11 is 0. The number of pyridine rings is 1. The monoisotopic (exact) mass is 263 g/mol. The zero-order valence-electron chi connectivity index (χ0n) is 11.3. The highest BCUT2D eigenvalue weighted by Gasteiger charge is 2.15. The summed E-state index contributed by atoms with van der Waals surface area (Å²) in [7, 11) is 1.77. The molecule has 1 aromatic rings. The second kappa shape index (κ2) is 7.09. The molecule has 1 heterocycles. The molecule has 1 fully saturated rings. The van der Waals surface area contributed by atoms with Crippen LogP contribution in [0.15, 0.2) is 18.5 Å². The predicted octanol–water partition coefficient (Wildman–Crippen LogP) is 1.81. The van der Waals surface area contributed by atoms with Crippen molar-refractivity contribution in [1.82, 2.24) is 10.3 Å². The number of hydrogen-bond acceptors (Lipinski definition) is 4. The summed E-state index contributed by atoms with van der Waals surface area (Å²) < 4.78 is 5.70. The Hall–Kier alpha value is -1.62. The fourth-order valence-electron chi connectivity index (χ4n) is 2.33. The van der Waals surface area contributed by atoms with Crippen molar-refractivity contribution in [2.75, 3.05) is 25.5 Å². The van der Waals surface area contributed by atoms with Gasteiger partial charge in [0.15, 0.2) is 0 Å². The van der Waals surface area contributed by atoms with Crippen molar-refractivity contribution >= 4 is 11.6 Å². The molecule has 1 aliphatic carbocycles. The molecular weight excluding hydrogens is 242 g/mol. The molecule has 0 aliphatic heterocycles. The number of aromatic nitrogens is 1. The molecule has 5 heteroatoms. The van der Waals surface area contributed by atoms with Gasteiger partial charge in [-0.1, -0.05) is 12.8 Å². The van der Waals surface area contributed by atoms with Crippen molar-refractivity contribution in [2.45, 2.75) is 31.8 Å². The topological polar surface area (TPSA) is 63.2 Å². The maximum absolute atomic E-state index is 12.0. The lowest BCUT2D eigenvalue weighted by molar-refractivity contribution is 0.0582. The van der Waals surface area contributed by atoms with Crippen LogP contribution in [0.1, 0.15) is 36.0 Å². The van der Waals surface area contributed by atoms with E-state index >= 15 is 0 Å². The highest BCUT2D eigenvalue weighted by molar-refractivity contribution is 5.99. The van der Waals surface area contributed by atoms with Gasteiger partial charge >= 0.3 is 0 Å². The van der Waals surface area contributed by atoms with Crippen LogP contribution in [-0.4, -0.2) is 37.2 Å². The number of carbonyl (C=O) groups is 1. The second-order valence-corrected chi connectivity index (χ2v) is 4.70. The zero-order valence-corrected chi connectivity index (χ0v) is 11.3. The summed E-state index contributed by atoms with van der Waals surface area (Å²) in [6, 6.07) is 1.71. The van der Waals surface area contributed by atoms with Gasteiger partial charge in [0.25, 0.3) is 5.91 Å². The lowest BCUT2D eigenvalue weighted by Gasteiger charge is -2.12. The number of nitrogens with zero attached hydrogens (tertiary/aromatic N) is 1. The van der Waals surface area contributed by atoms with Gasteiger partial charge in [0.05, 0.1) is 30.2 Å². The number of nitrogens with one attached hydrogen (secondary N) is 2. The van der Waals surface area contributed by atoms with Crippen LogP contribution < -0.4 is 10.6 Å². The Kier molecular flexibility index (Phi) is 5.15. The van der Waals surface area contributed by atoms with Crippen molar-refractivity contribution in [3.05, 3.63) is 24.0 Å². The van der Waals surface area contributed by atoms with Gasteiger partial charge in [-0.05, 0) is 18.9 Å². The predicted molar refractivity (Wildman–Crippen MR) is 74.3 cm³/mol. The summed E-state index contributed by atoms with van der Waals surface area (Å²) in [5.41, 5.74) is 1.34. The molecule has 2 N–H and O–H groups in total. The Bertz CT molecular complexity index is 417. The van der Waals surface area contributed by atoms with Crippen LogP contribution in [-0.2, 0) is 4.74 Å². The Morgan fingerprint density at radius 2 is 2.26 bits per heavy atom. The lowest BCUT2D eigenvalue weighted by atomic mass is 10.2. The van der Waals surface area contributed by atoms with Gasteiger partial charge in [0.1, 0.15) is 0 Å². The molecule has 0 spiro atoms. The van der Waals surface area contributed by atoms with E-state index in [0.717, 1.165) is 18.5 Å². The van der Waals surface area contributed by atoms with Crippen molar-refractivity contribution < 1.29 is 9.53 Å². The molecule has 0 saturated heterocycles. The molecule has 1 aromatic heterocycles. The van der Waals surface area contributed by atoms with Gasteiger partial charge < -0.3 is 15.4 Å². The van der Waals surface area contributed by atoms with Gasteiger partial charge in [-0.25, -0.2) is 0 Å². The number of anilines is 1. The summed E-state index contributed by atoms with van der Waals surface area (Å²) in [5.74, 6) is -0.0956. The average Bonchev–Trinajstić information content (AvgIpc) is 2.96. The smallest absolute Gasteiger partial charge is 0.253 e. The standard InChI is InChI=1S/C14H21N3O2/c1-15-13-10-16-7-6-12(13)14(18)17-8-9-19-11-4-2-3-5-11/h6-7,10-11,15H,2-5,8-9H2,1H3,(H,17,18). The van der Waals surface area contributed by atoms with Crippen LogP contribution >= 0.6 is 0 Å². The molecule has 0 bridgehead atoms. The summed E-state index contributed by atoms with van der Waals surface area (Å²) in [4.78, 5) is 16.0.